The molecule has 6 nitrogen and oxygen atoms in total. The molecule has 1 saturated heterocycles. The minimum absolute atomic E-state index is 0.0123. The number of aryl methyl sites for hydroxylation is 1. The number of likely N-dealkylation sites (tertiary alicyclic amines) is 1. The summed E-state index contributed by atoms with van der Waals surface area (Å²) < 4.78 is 5.75. The molecule has 6 heteroatoms. The Morgan fingerprint density at radius 1 is 1.31 bits per heavy atom. The second-order valence-electron chi connectivity index (χ2n) is 6.75. The molecular formula is C20H24N2O4. The van der Waals surface area contributed by atoms with Crippen molar-refractivity contribution in [1.82, 2.24) is 9.88 Å². The van der Waals surface area contributed by atoms with E-state index in [1.165, 1.54) is 0 Å². The maximum Gasteiger partial charge on any atom is 0.308 e. The van der Waals surface area contributed by atoms with Gasteiger partial charge in [0, 0.05) is 31.0 Å². The molecule has 1 aliphatic heterocycles. The van der Waals surface area contributed by atoms with Crippen LogP contribution in [0.3, 0.4) is 0 Å². The molecule has 1 aliphatic rings. The zero-order chi connectivity index (χ0) is 18.5. The predicted molar refractivity (Wildman–Crippen MR) is 96.4 cm³/mol. The summed E-state index contributed by atoms with van der Waals surface area (Å²) in [4.78, 5) is 29.8. The summed E-state index contributed by atoms with van der Waals surface area (Å²) in [6.07, 6.45) is 4.68. The van der Waals surface area contributed by atoms with E-state index in [1.807, 2.05) is 37.3 Å². The molecule has 3 rings (SSSR count). The molecule has 0 bridgehead atoms. The highest BCUT2D eigenvalue weighted by molar-refractivity contribution is 5.78. The molecule has 0 radical (unpaired) electrons. The fourth-order valence-corrected chi connectivity index (χ4v) is 3.52. The molecule has 0 spiro atoms. The van der Waals surface area contributed by atoms with Crippen molar-refractivity contribution < 1.29 is 19.1 Å². The number of oxazole rings is 1. The van der Waals surface area contributed by atoms with Gasteiger partial charge in [0.1, 0.15) is 0 Å². The second kappa shape index (κ2) is 8.17. The molecule has 1 aromatic carbocycles. The minimum Gasteiger partial charge on any atom is -0.481 e. The van der Waals surface area contributed by atoms with Crippen LogP contribution in [0.2, 0.25) is 0 Å². The van der Waals surface area contributed by atoms with Crippen LogP contribution in [-0.4, -0.2) is 39.5 Å². The summed E-state index contributed by atoms with van der Waals surface area (Å²) >= 11 is 0. The van der Waals surface area contributed by atoms with Crippen LogP contribution in [0.1, 0.15) is 38.5 Å². The third-order valence-corrected chi connectivity index (χ3v) is 5.02. The zero-order valence-electron chi connectivity index (χ0n) is 14.9. The summed E-state index contributed by atoms with van der Waals surface area (Å²) in [6, 6.07) is 9.51. The molecule has 138 valence electrons. The molecule has 1 aromatic heterocycles. The average molecular weight is 356 g/mol. The van der Waals surface area contributed by atoms with E-state index in [0.29, 0.717) is 38.1 Å². The molecular weight excluding hydrogens is 332 g/mol. The number of rotatable bonds is 6. The van der Waals surface area contributed by atoms with Gasteiger partial charge in [-0.15, -0.1) is 0 Å². The Kier molecular flexibility index (Phi) is 5.71. The van der Waals surface area contributed by atoms with Gasteiger partial charge >= 0.3 is 5.97 Å². The highest BCUT2D eigenvalue weighted by Crippen LogP contribution is 2.25. The lowest BCUT2D eigenvalue weighted by Gasteiger charge is -2.37. The summed E-state index contributed by atoms with van der Waals surface area (Å²) in [6.45, 7) is 2.47. The Hall–Kier alpha value is -2.63. The highest BCUT2D eigenvalue weighted by Gasteiger charge is 2.34. The lowest BCUT2D eigenvalue weighted by molar-refractivity contribution is -0.149. The number of hydrogen-bond acceptors (Lipinski definition) is 4. The van der Waals surface area contributed by atoms with Crippen molar-refractivity contribution in [2.45, 2.75) is 45.1 Å². The normalized spacial score (nSPS) is 20.1. The zero-order valence-corrected chi connectivity index (χ0v) is 14.9. The first-order chi connectivity index (χ1) is 12.6. The SMILES string of the molecule is C[C@@H]1[C@H](C(=O)O)CCCN1C(=O)CCCc1ncc(-c2ccccc2)o1. The number of carboxylic acids is 1. The Bertz CT molecular complexity index is 756. The van der Waals surface area contributed by atoms with Crippen molar-refractivity contribution in [2.75, 3.05) is 6.54 Å². The first-order valence-electron chi connectivity index (χ1n) is 9.08. The van der Waals surface area contributed by atoms with E-state index in [9.17, 15) is 14.7 Å². The number of aromatic nitrogens is 1. The van der Waals surface area contributed by atoms with Gasteiger partial charge in [0.25, 0.3) is 0 Å². The quantitative estimate of drug-likeness (QED) is 0.858. The van der Waals surface area contributed by atoms with Crippen LogP contribution in [0, 0.1) is 5.92 Å². The van der Waals surface area contributed by atoms with Gasteiger partial charge in [-0.05, 0) is 26.2 Å². The van der Waals surface area contributed by atoms with Crippen molar-refractivity contribution >= 4 is 11.9 Å². The fraction of sp³-hybridized carbons (Fsp3) is 0.450. The summed E-state index contributed by atoms with van der Waals surface area (Å²) in [5.74, 6) is 0.0713. The molecule has 26 heavy (non-hydrogen) atoms. The third kappa shape index (κ3) is 4.12. The number of carbonyl (C=O) groups excluding carboxylic acids is 1. The number of hydrogen-bond donors (Lipinski definition) is 1. The summed E-state index contributed by atoms with van der Waals surface area (Å²) in [7, 11) is 0. The molecule has 1 fully saturated rings. The second-order valence-corrected chi connectivity index (χ2v) is 6.75. The van der Waals surface area contributed by atoms with Gasteiger partial charge in [0.05, 0.1) is 12.1 Å². The molecule has 2 aromatic rings. The predicted octanol–water partition coefficient (Wildman–Crippen LogP) is 3.38. The van der Waals surface area contributed by atoms with Crippen molar-refractivity contribution in [1.29, 1.82) is 0 Å². The molecule has 0 aliphatic carbocycles. The lowest BCUT2D eigenvalue weighted by Crippen LogP contribution is -2.49. The number of carbonyl (C=O) groups is 2. The number of benzene rings is 1. The van der Waals surface area contributed by atoms with Crippen LogP contribution in [0.15, 0.2) is 40.9 Å². The molecule has 0 unspecified atom stereocenters. The van der Waals surface area contributed by atoms with Gasteiger partial charge in [0.2, 0.25) is 5.91 Å². The highest BCUT2D eigenvalue weighted by atomic mass is 16.4. The Morgan fingerprint density at radius 3 is 2.81 bits per heavy atom. The number of amides is 1. The average Bonchev–Trinajstić information content (AvgIpc) is 3.11. The maximum atomic E-state index is 12.5. The van der Waals surface area contributed by atoms with Gasteiger partial charge < -0.3 is 14.4 Å². The van der Waals surface area contributed by atoms with Crippen molar-refractivity contribution in [3.8, 4) is 11.3 Å². The lowest BCUT2D eigenvalue weighted by atomic mass is 9.90. The largest absolute Gasteiger partial charge is 0.481 e. The van der Waals surface area contributed by atoms with E-state index in [1.54, 1.807) is 11.1 Å². The van der Waals surface area contributed by atoms with Crippen LogP contribution in [0.25, 0.3) is 11.3 Å². The van der Waals surface area contributed by atoms with E-state index >= 15 is 0 Å². The molecule has 2 heterocycles. The minimum atomic E-state index is -0.816. The van der Waals surface area contributed by atoms with E-state index in [0.717, 1.165) is 17.7 Å². The Labute approximate surface area is 152 Å². The van der Waals surface area contributed by atoms with Gasteiger partial charge in [-0.3, -0.25) is 9.59 Å². The van der Waals surface area contributed by atoms with Gasteiger partial charge in [-0.2, -0.15) is 0 Å². The molecule has 2 atom stereocenters. The first kappa shape index (κ1) is 18.2. The third-order valence-electron chi connectivity index (χ3n) is 5.02. The number of piperidine rings is 1. The standard InChI is InChI=1S/C20H24N2O4/c1-14-16(20(24)25)9-6-12-22(14)19(23)11-5-10-18-21-13-17(26-18)15-7-3-2-4-8-15/h2-4,7-8,13-14,16H,5-6,9-12H2,1H3,(H,24,25)/t14-,16-/m1/s1. The number of carboxylic acid groups (broad SMARTS) is 1. The first-order valence-corrected chi connectivity index (χ1v) is 9.08. The van der Waals surface area contributed by atoms with E-state index in [-0.39, 0.29) is 11.9 Å². The van der Waals surface area contributed by atoms with E-state index < -0.39 is 11.9 Å². The monoisotopic (exact) mass is 356 g/mol. The Balaban J connectivity index is 1.51. The van der Waals surface area contributed by atoms with Crippen LogP contribution in [-0.2, 0) is 16.0 Å². The maximum absolute atomic E-state index is 12.5. The molecule has 0 saturated carbocycles. The molecule has 1 amide bonds. The van der Waals surface area contributed by atoms with Crippen molar-refractivity contribution in [3.63, 3.8) is 0 Å². The van der Waals surface area contributed by atoms with Crippen molar-refractivity contribution in [2.24, 2.45) is 5.92 Å². The van der Waals surface area contributed by atoms with Gasteiger partial charge in [0.15, 0.2) is 11.7 Å². The van der Waals surface area contributed by atoms with E-state index in [4.69, 9.17) is 4.42 Å². The van der Waals surface area contributed by atoms with E-state index in [2.05, 4.69) is 4.98 Å². The van der Waals surface area contributed by atoms with Crippen LogP contribution >= 0.6 is 0 Å². The Morgan fingerprint density at radius 2 is 2.08 bits per heavy atom. The van der Waals surface area contributed by atoms with Crippen molar-refractivity contribution in [3.05, 3.63) is 42.4 Å². The topological polar surface area (TPSA) is 83.6 Å². The van der Waals surface area contributed by atoms with Crippen LogP contribution < -0.4 is 0 Å². The van der Waals surface area contributed by atoms with Gasteiger partial charge in [-0.25, -0.2) is 4.98 Å². The smallest absolute Gasteiger partial charge is 0.308 e. The molecule has 1 N–H and O–H groups in total. The summed E-state index contributed by atoms with van der Waals surface area (Å²) in [5, 5.41) is 9.27. The van der Waals surface area contributed by atoms with Crippen LogP contribution in [0.5, 0.6) is 0 Å². The fourth-order valence-electron chi connectivity index (χ4n) is 3.52. The summed E-state index contributed by atoms with van der Waals surface area (Å²) in [5.41, 5.74) is 0.976. The number of aliphatic carboxylic acids is 1. The van der Waals surface area contributed by atoms with Crippen LogP contribution in [0.4, 0.5) is 0 Å². The van der Waals surface area contributed by atoms with Gasteiger partial charge in [-0.1, -0.05) is 30.3 Å². The number of nitrogens with zero attached hydrogens (tertiary/aromatic N) is 2.